The van der Waals surface area contributed by atoms with Crippen LogP contribution >= 0.6 is 0 Å². The zero-order valence-corrected chi connectivity index (χ0v) is 10.6. The Morgan fingerprint density at radius 3 is 2.44 bits per heavy atom. The van der Waals surface area contributed by atoms with Crippen molar-refractivity contribution in [2.24, 2.45) is 5.92 Å². The first-order valence-electron chi connectivity index (χ1n) is 6.76. The van der Waals surface area contributed by atoms with Crippen LogP contribution in [0.4, 0.5) is 8.78 Å². The quantitative estimate of drug-likeness (QED) is 0.846. The molecule has 2 heterocycles. The van der Waals surface area contributed by atoms with Crippen LogP contribution < -0.4 is 5.32 Å². The molecule has 1 aromatic rings. The number of nitrogens with one attached hydrogen (secondary N) is 1. The average molecular weight is 251 g/mol. The van der Waals surface area contributed by atoms with Gasteiger partial charge in [0, 0.05) is 23.6 Å². The number of rotatable bonds is 2. The lowest BCUT2D eigenvalue weighted by Crippen LogP contribution is -2.43. The van der Waals surface area contributed by atoms with Crippen molar-refractivity contribution in [1.29, 1.82) is 0 Å². The van der Waals surface area contributed by atoms with Crippen LogP contribution in [-0.2, 0) is 5.92 Å². The molecular weight excluding hydrogens is 232 g/mol. The van der Waals surface area contributed by atoms with E-state index in [1.54, 1.807) is 18.2 Å². The highest BCUT2D eigenvalue weighted by Crippen LogP contribution is 2.45. The lowest BCUT2D eigenvalue weighted by Gasteiger charge is -2.34. The molecule has 0 amide bonds. The molecule has 3 rings (SSSR count). The summed E-state index contributed by atoms with van der Waals surface area (Å²) in [6.45, 7) is 1.87. The summed E-state index contributed by atoms with van der Waals surface area (Å²) in [7, 11) is 0. The van der Waals surface area contributed by atoms with Gasteiger partial charge in [0.15, 0.2) is 0 Å². The molecule has 0 saturated carbocycles. The summed E-state index contributed by atoms with van der Waals surface area (Å²) in [5, 5.41) is 3.42. The fourth-order valence-electron chi connectivity index (χ4n) is 3.44. The monoisotopic (exact) mass is 251 g/mol. The van der Waals surface area contributed by atoms with Crippen LogP contribution in [0.2, 0.25) is 0 Å². The fourth-order valence-corrected chi connectivity index (χ4v) is 3.44. The van der Waals surface area contributed by atoms with Gasteiger partial charge in [0.1, 0.15) is 0 Å². The van der Waals surface area contributed by atoms with Crippen LogP contribution in [0.5, 0.6) is 0 Å². The zero-order valence-electron chi connectivity index (χ0n) is 10.6. The Kier molecular flexibility index (Phi) is 2.89. The highest BCUT2D eigenvalue weighted by Gasteiger charge is 2.47. The van der Waals surface area contributed by atoms with Gasteiger partial charge in [-0.15, -0.1) is 0 Å². The Labute approximate surface area is 107 Å². The molecule has 0 spiro atoms. The topological polar surface area (TPSA) is 12.0 Å². The Morgan fingerprint density at radius 2 is 1.83 bits per heavy atom. The molecule has 2 saturated heterocycles. The second-order valence-electron chi connectivity index (χ2n) is 5.80. The van der Waals surface area contributed by atoms with Gasteiger partial charge in [-0.1, -0.05) is 29.8 Å². The average Bonchev–Trinajstić information content (AvgIpc) is 2.68. The van der Waals surface area contributed by atoms with Crippen LogP contribution in [0.1, 0.15) is 36.8 Å². The van der Waals surface area contributed by atoms with E-state index in [1.807, 2.05) is 13.0 Å². The molecule has 3 heteroatoms. The van der Waals surface area contributed by atoms with Crippen molar-refractivity contribution in [3.05, 3.63) is 35.4 Å². The number of benzene rings is 1. The minimum absolute atomic E-state index is 0.189. The number of aryl methyl sites for hydroxylation is 1. The van der Waals surface area contributed by atoms with Gasteiger partial charge in [-0.25, -0.2) is 8.78 Å². The third kappa shape index (κ3) is 2.05. The van der Waals surface area contributed by atoms with E-state index < -0.39 is 11.8 Å². The minimum Gasteiger partial charge on any atom is -0.311 e. The second kappa shape index (κ2) is 4.30. The maximum Gasteiger partial charge on any atom is 0.276 e. The molecule has 2 fully saturated rings. The zero-order chi connectivity index (χ0) is 12.8. The van der Waals surface area contributed by atoms with Crippen molar-refractivity contribution < 1.29 is 8.78 Å². The van der Waals surface area contributed by atoms with Crippen LogP contribution in [0.15, 0.2) is 24.3 Å². The molecule has 2 aliphatic heterocycles. The van der Waals surface area contributed by atoms with E-state index in [1.165, 1.54) is 0 Å². The van der Waals surface area contributed by atoms with E-state index >= 15 is 0 Å². The van der Waals surface area contributed by atoms with Crippen molar-refractivity contribution in [2.75, 3.05) is 0 Å². The van der Waals surface area contributed by atoms with Gasteiger partial charge in [-0.2, -0.15) is 0 Å². The van der Waals surface area contributed by atoms with Gasteiger partial charge < -0.3 is 5.32 Å². The van der Waals surface area contributed by atoms with Gasteiger partial charge in [-0.05, 0) is 32.6 Å². The second-order valence-corrected chi connectivity index (χ2v) is 5.80. The summed E-state index contributed by atoms with van der Waals surface area (Å²) in [6.07, 6.45) is 3.34. The summed E-state index contributed by atoms with van der Waals surface area (Å²) in [5.41, 5.74) is 1.10. The van der Waals surface area contributed by atoms with E-state index in [0.717, 1.165) is 18.4 Å². The van der Waals surface area contributed by atoms with Gasteiger partial charge >= 0.3 is 0 Å². The largest absolute Gasteiger partial charge is 0.311 e. The molecule has 98 valence electrons. The highest BCUT2D eigenvalue weighted by atomic mass is 19.3. The number of hydrogen-bond acceptors (Lipinski definition) is 1. The molecule has 2 atom stereocenters. The molecule has 1 nitrogen and oxygen atoms in total. The fraction of sp³-hybridized carbons (Fsp3) is 0.600. The van der Waals surface area contributed by atoms with Crippen molar-refractivity contribution in [3.63, 3.8) is 0 Å². The summed E-state index contributed by atoms with van der Waals surface area (Å²) in [5.74, 6) is -3.19. The lowest BCUT2D eigenvalue weighted by atomic mass is 9.83. The maximum absolute atomic E-state index is 14.6. The first-order chi connectivity index (χ1) is 8.55. The van der Waals surface area contributed by atoms with Crippen LogP contribution in [-0.4, -0.2) is 12.1 Å². The third-order valence-electron chi connectivity index (χ3n) is 4.39. The number of alkyl halides is 2. The van der Waals surface area contributed by atoms with Crippen LogP contribution in [0.3, 0.4) is 0 Å². The summed E-state index contributed by atoms with van der Waals surface area (Å²) >= 11 is 0. The number of halogens is 2. The lowest BCUT2D eigenvalue weighted by molar-refractivity contribution is -0.0815. The van der Waals surface area contributed by atoms with E-state index in [9.17, 15) is 8.78 Å². The van der Waals surface area contributed by atoms with Crippen molar-refractivity contribution in [1.82, 2.24) is 5.32 Å². The number of piperidine rings is 1. The van der Waals surface area contributed by atoms with E-state index in [2.05, 4.69) is 5.32 Å². The molecule has 1 N–H and O–H groups in total. The molecule has 18 heavy (non-hydrogen) atoms. The summed E-state index contributed by atoms with van der Waals surface area (Å²) in [6, 6.07) is 7.41. The molecule has 2 unspecified atom stereocenters. The molecule has 2 bridgehead atoms. The molecule has 0 radical (unpaired) electrons. The number of fused-ring (bicyclic) bond motifs is 2. The Bertz CT molecular complexity index is 432. The van der Waals surface area contributed by atoms with Crippen LogP contribution in [0.25, 0.3) is 0 Å². The predicted molar refractivity (Wildman–Crippen MR) is 67.7 cm³/mol. The smallest absolute Gasteiger partial charge is 0.276 e. The van der Waals surface area contributed by atoms with E-state index in [0.29, 0.717) is 24.9 Å². The SMILES string of the molecule is Cc1cccc(C(F)(F)C2CC3CCC(C2)N3)c1. The van der Waals surface area contributed by atoms with Gasteiger partial charge in [0.05, 0.1) is 0 Å². The van der Waals surface area contributed by atoms with Gasteiger partial charge in [-0.3, -0.25) is 0 Å². The molecule has 0 aromatic heterocycles. The standard InChI is InChI=1S/C15H19F2N/c1-10-3-2-4-11(7-10)15(16,17)12-8-13-5-6-14(9-12)18-13/h2-4,7,12-14,18H,5-6,8-9H2,1H3. The van der Waals surface area contributed by atoms with Crippen molar-refractivity contribution >= 4 is 0 Å². The molecular formula is C15H19F2N. The molecule has 1 aromatic carbocycles. The predicted octanol–water partition coefficient (Wildman–Crippen LogP) is 3.62. The normalized spacial score (nSPS) is 31.6. The van der Waals surface area contributed by atoms with E-state index in [-0.39, 0.29) is 5.56 Å². The van der Waals surface area contributed by atoms with Gasteiger partial charge in [0.2, 0.25) is 0 Å². The third-order valence-corrected chi connectivity index (χ3v) is 4.39. The van der Waals surface area contributed by atoms with E-state index in [4.69, 9.17) is 0 Å². The van der Waals surface area contributed by atoms with Gasteiger partial charge in [0.25, 0.3) is 5.92 Å². The first kappa shape index (κ1) is 12.1. The highest BCUT2D eigenvalue weighted by molar-refractivity contribution is 5.27. The van der Waals surface area contributed by atoms with Crippen molar-refractivity contribution in [3.8, 4) is 0 Å². The molecule has 0 aliphatic carbocycles. The minimum atomic E-state index is -2.69. The molecule has 2 aliphatic rings. The Hall–Kier alpha value is -0.960. The Morgan fingerprint density at radius 1 is 1.17 bits per heavy atom. The van der Waals surface area contributed by atoms with Crippen molar-refractivity contribution in [2.45, 2.75) is 50.6 Å². The first-order valence-corrected chi connectivity index (χ1v) is 6.76. The number of hydrogen-bond donors (Lipinski definition) is 1. The summed E-state index contributed by atoms with van der Waals surface area (Å²) < 4.78 is 29.1. The Balaban J connectivity index is 1.85. The summed E-state index contributed by atoms with van der Waals surface area (Å²) in [4.78, 5) is 0. The maximum atomic E-state index is 14.6. The van der Waals surface area contributed by atoms with Crippen LogP contribution in [0, 0.1) is 12.8 Å².